The molecule has 1 amide bonds. The number of halogens is 4. The number of nitrogens with zero attached hydrogens (tertiary/aromatic N) is 3. The number of anilines is 1. The highest BCUT2D eigenvalue weighted by Gasteiger charge is 2.39. The number of imidazole rings is 1. The van der Waals surface area contributed by atoms with Crippen molar-refractivity contribution in [1.82, 2.24) is 19.6 Å². The zero-order chi connectivity index (χ0) is 19.9. The van der Waals surface area contributed by atoms with Gasteiger partial charge >= 0.3 is 12.1 Å². The molecule has 6 nitrogen and oxygen atoms in total. The molecule has 0 spiro atoms. The van der Waals surface area contributed by atoms with Crippen LogP contribution in [-0.2, 0) is 4.79 Å². The second-order valence-electron chi connectivity index (χ2n) is 5.90. The molecule has 3 aromatic heterocycles. The van der Waals surface area contributed by atoms with Crippen LogP contribution in [0.3, 0.4) is 0 Å². The van der Waals surface area contributed by atoms with Gasteiger partial charge in [0.25, 0.3) is 0 Å². The Bertz CT molecular complexity index is 1160. The Morgan fingerprint density at radius 1 is 1.07 bits per heavy atom. The smallest absolute Gasteiger partial charge is 0.303 e. The van der Waals surface area contributed by atoms with Gasteiger partial charge < -0.3 is 5.32 Å². The summed E-state index contributed by atoms with van der Waals surface area (Å²) in [4.78, 5) is 15.2. The molecule has 0 saturated heterocycles. The maximum absolute atomic E-state index is 13.2. The Kier molecular flexibility index (Phi) is 4.10. The van der Waals surface area contributed by atoms with Crippen molar-refractivity contribution >= 4 is 17.4 Å². The highest BCUT2D eigenvalue weighted by molar-refractivity contribution is 5.94. The number of nitrogens with one attached hydrogen (secondary N) is 2. The molecule has 142 valence electrons. The number of fused-ring (bicyclic) bond motifs is 1. The molecule has 0 radical (unpaired) electrons. The number of H-pyrrole nitrogens is 1. The number of aromatic amines is 1. The average Bonchev–Trinajstić information content (AvgIpc) is 3.28. The number of rotatable bonds is 3. The van der Waals surface area contributed by atoms with Crippen LogP contribution in [-0.4, -0.2) is 31.7 Å². The number of hydrogen-bond acceptors (Lipinski definition) is 3. The summed E-state index contributed by atoms with van der Waals surface area (Å²) in [6.07, 6.45) is -0.724. The fourth-order valence-corrected chi connectivity index (χ4v) is 2.76. The van der Waals surface area contributed by atoms with Gasteiger partial charge in [-0.2, -0.15) is 18.3 Å². The van der Waals surface area contributed by atoms with E-state index in [-0.39, 0.29) is 11.6 Å². The molecule has 28 heavy (non-hydrogen) atoms. The second kappa shape index (κ2) is 6.48. The number of benzene rings is 1. The number of amides is 1. The van der Waals surface area contributed by atoms with E-state index in [4.69, 9.17) is 0 Å². The molecule has 0 unspecified atom stereocenters. The van der Waals surface area contributed by atoms with Gasteiger partial charge in [0.1, 0.15) is 17.3 Å². The van der Waals surface area contributed by atoms with Gasteiger partial charge in [-0.1, -0.05) is 0 Å². The summed E-state index contributed by atoms with van der Waals surface area (Å²) in [6.45, 7) is 0. The van der Waals surface area contributed by atoms with Crippen molar-refractivity contribution in [3.05, 3.63) is 60.8 Å². The summed E-state index contributed by atoms with van der Waals surface area (Å²) < 4.78 is 52.1. The number of alkyl halides is 3. The lowest BCUT2D eigenvalue weighted by Gasteiger charge is -2.09. The van der Waals surface area contributed by atoms with Gasteiger partial charge in [-0.05, 0) is 36.4 Å². The lowest BCUT2D eigenvalue weighted by Crippen LogP contribution is -2.30. The maximum atomic E-state index is 13.2. The molecule has 0 bridgehead atoms. The van der Waals surface area contributed by atoms with E-state index in [1.165, 1.54) is 22.7 Å². The van der Waals surface area contributed by atoms with E-state index in [0.29, 0.717) is 28.0 Å². The predicted octanol–water partition coefficient (Wildman–Crippen LogP) is 4.03. The van der Waals surface area contributed by atoms with Gasteiger partial charge in [0.15, 0.2) is 0 Å². The molecule has 3 heterocycles. The van der Waals surface area contributed by atoms with E-state index < -0.39 is 12.1 Å². The zero-order valence-corrected chi connectivity index (χ0v) is 14.0. The summed E-state index contributed by atoms with van der Waals surface area (Å²) in [7, 11) is 0. The molecule has 10 heteroatoms. The average molecular weight is 389 g/mol. The normalized spacial score (nSPS) is 11.7. The lowest BCUT2D eigenvalue weighted by molar-refractivity contribution is -0.167. The fraction of sp³-hybridized carbons (Fsp3) is 0.0556. The van der Waals surface area contributed by atoms with E-state index in [1.54, 1.807) is 35.8 Å². The third kappa shape index (κ3) is 3.20. The van der Waals surface area contributed by atoms with Gasteiger partial charge in [0, 0.05) is 29.1 Å². The van der Waals surface area contributed by atoms with Gasteiger partial charge in [0.2, 0.25) is 0 Å². The predicted molar refractivity (Wildman–Crippen MR) is 92.9 cm³/mol. The molecule has 1 aromatic carbocycles. The topological polar surface area (TPSA) is 75.1 Å². The molecule has 0 fully saturated rings. The second-order valence-corrected chi connectivity index (χ2v) is 5.90. The first-order valence-corrected chi connectivity index (χ1v) is 7.98. The van der Waals surface area contributed by atoms with Crippen LogP contribution in [0.1, 0.15) is 0 Å². The molecule has 0 aliphatic heterocycles. The Morgan fingerprint density at radius 3 is 2.50 bits per heavy atom. The van der Waals surface area contributed by atoms with Crippen molar-refractivity contribution < 1.29 is 22.4 Å². The fourth-order valence-electron chi connectivity index (χ4n) is 2.76. The standard InChI is InChI=1S/C18H11F4N5O/c19-12-4-1-10(2-5-12)16-13(7-24-26-16)11-3-6-14-23-8-15(27(14)9-11)25-17(28)18(20,21)22/h1-9H,(H,24,26)(H,25,28). The van der Waals surface area contributed by atoms with E-state index >= 15 is 0 Å². The van der Waals surface area contributed by atoms with Crippen molar-refractivity contribution in [2.75, 3.05) is 5.32 Å². The summed E-state index contributed by atoms with van der Waals surface area (Å²) in [6, 6.07) is 9.06. The van der Waals surface area contributed by atoms with Crippen molar-refractivity contribution in [1.29, 1.82) is 0 Å². The SMILES string of the molecule is O=C(Nc1cnc2ccc(-c3c[nH]nc3-c3ccc(F)cc3)cn12)C(F)(F)F. The molecule has 0 aliphatic rings. The number of carbonyl (C=O) groups excluding carboxylic acids is 1. The van der Waals surface area contributed by atoms with Crippen molar-refractivity contribution in [3.63, 3.8) is 0 Å². The Labute approximate surface area is 154 Å². The maximum Gasteiger partial charge on any atom is 0.471 e. The van der Waals surface area contributed by atoms with E-state index in [1.807, 2.05) is 0 Å². The number of aromatic nitrogens is 4. The third-order valence-electron chi connectivity index (χ3n) is 4.07. The summed E-state index contributed by atoms with van der Waals surface area (Å²) in [5.74, 6) is -2.59. The Balaban J connectivity index is 1.75. The minimum absolute atomic E-state index is 0.119. The first-order chi connectivity index (χ1) is 13.3. The quantitative estimate of drug-likeness (QED) is 0.520. The zero-order valence-electron chi connectivity index (χ0n) is 14.0. The first kappa shape index (κ1) is 17.7. The number of carbonyl (C=O) groups is 1. The van der Waals surface area contributed by atoms with E-state index in [2.05, 4.69) is 15.2 Å². The molecule has 0 aliphatic carbocycles. The lowest BCUT2D eigenvalue weighted by atomic mass is 10.0. The Morgan fingerprint density at radius 2 is 1.79 bits per heavy atom. The van der Waals surface area contributed by atoms with Crippen LogP contribution in [0.4, 0.5) is 23.4 Å². The van der Waals surface area contributed by atoms with Gasteiger partial charge in [-0.25, -0.2) is 9.37 Å². The monoisotopic (exact) mass is 389 g/mol. The van der Waals surface area contributed by atoms with Crippen LogP contribution in [0.2, 0.25) is 0 Å². The van der Waals surface area contributed by atoms with Crippen molar-refractivity contribution in [2.45, 2.75) is 6.18 Å². The van der Waals surface area contributed by atoms with E-state index in [0.717, 1.165) is 6.20 Å². The van der Waals surface area contributed by atoms with Crippen LogP contribution in [0.15, 0.2) is 55.0 Å². The minimum atomic E-state index is -5.01. The van der Waals surface area contributed by atoms with Crippen LogP contribution in [0, 0.1) is 5.82 Å². The summed E-state index contributed by atoms with van der Waals surface area (Å²) in [5.41, 5.74) is 2.82. The molecular formula is C18H11F4N5O. The van der Waals surface area contributed by atoms with E-state index in [9.17, 15) is 22.4 Å². The summed E-state index contributed by atoms with van der Waals surface area (Å²) in [5, 5.41) is 8.71. The number of pyridine rings is 1. The molecule has 4 aromatic rings. The van der Waals surface area contributed by atoms with Crippen LogP contribution < -0.4 is 5.32 Å². The van der Waals surface area contributed by atoms with Crippen molar-refractivity contribution in [3.8, 4) is 22.4 Å². The van der Waals surface area contributed by atoms with Crippen molar-refractivity contribution in [2.24, 2.45) is 0 Å². The first-order valence-electron chi connectivity index (χ1n) is 7.98. The molecule has 0 atom stereocenters. The highest BCUT2D eigenvalue weighted by atomic mass is 19.4. The summed E-state index contributed by atoms with van der Waals surface area (Å²) >= 11 is 0. The minimum Gasteiger partial charge on any atom is -0.303 e. The van der Waals surface area contributed by atoms with Gasteiger partial charge in [0.05, 0.1) is 11.9 Å². The van der Waals surface area contributed by atoms with Gasteiger partial charge in [-0.15, -0.1) is 0 Å². The third-order valence-corrected chi connectivity index (χ3v) is 4.07. The largest absolute Gasteiger partial charge is 0.471 e. The molecule has 4 rings (SSSR count). The van der Waals surface area contributed by atoms with Crippen LogP contribution in [0.25, 0.3) is 28.0 Å². The van der Waals surface area contributed by atoms with Crippen LogP contribution in [0.5, 0.6) is 0 Å². The highest BCUT2D eigenvalue weighted by Crippen LogP contribution is 2.31. The molecule has 0 saturated carbocycles. The molecular weight excluding hydrogens is 378 g/mol. The van der Waals surface area contributed by atoms with Gasteiger partial charge in [-0.3, -0.25) is 14.3 Å². The number of hydrogen-bond donors (Lipinski definition) is 2. The van der Waals surface area contributed by atoms with Crippen LogP contribution >= 0.6 is 0 Å². The molecule has 2 N–H and O–H groups in total. The Hall–Kier alpha value is -3.69.